The Morgan fingerprint density at radius 1 is 1.12 bits per heavy atom. The summed E-state index contributed by atoms with van der Waals surface area (Å²) in [6, 6.07) is 18.3. The number of nitro groups is 1. The standard InChI is InChI=1S/C24H19N3O6S/c1-15-6-9-17(10-7-15)34-21-11-8-16(12-20(21)27(31)32)24(30)33-14-23(29)26-13-22(28)25-18-4-2-3-5-19(18)26/h2-12H,13-14H2,1H3,(H,25,28). The van der Waals surface area contributed by atoms with Crippen molar-refractivity contribution in [1.82, 2.24) is 0 Å². The highest BCUT2D eigenvalue weighted by atomic mass is 32.2. The number of carbonyl (C=O) groups excluding carboxylic acids is 3. The second kappa shape index (κ2) is 9.75. The van der Waals surface area contributed by atoms with Gasteiger partial charge in [0.1, 0.15) is 6.54 Å². The van der Waals surface area contributed by atoms with Crippen LogP contribution in [-0.2, 0) is 14.3 Å². The number of para-hydroxylation sites is 2. The smallest absolute Gasteiger partial charge is 0.338 e. The summed E-state index contributed by atoms with van der Waals surface area (Å²) in [5.74, 6) is -1.83. The van der Waals surface area contributed by atoms with Crippen LogP contribution in [-0.4, -0.2) is 35.9 Å². The molecule has 172 valence electrons. The molecule has 1 aliphatic rings. The Balaban J connectivity index is 1.46. The van der Waals surface area contributed by atoms with Crippen LogP contribution in [0.4, 0.5) is 17.1 Å². The summed E-state index contributed by atoms with van der Waals surface area (Å²) in [6.45, 7) is 1.12. The van der Waals surface area contributed by atoms with E-state index >= 15 is 0 Å². The van der Waals surface area contributed by atoms with Crippen LogP contribution < -0.4 is 10.2 Å². The lowest BCUT2D eigenvalue weighted by Gasteiger charge is -2.28. The number of nitro benzene ring substituents is 1. The highest BCUT2D eigenvalue weighted by Gasteiger charge is 2.27. The number of nitrogens with one attached hydrogen (secondary N) is 1. The van der Waals surface area contributed by atoms with E-state index in [0.717, 1.165) is 16.5 Å². The maximum Gasteiger partial charge on any atom is 0.338 e. The van der Waals surface area contributed by atoms with Crippen molar-refractivity contribution in [2.75, 3.05) is 23.4 Å². The van der Waals surface area contributed by atoms with Gasteiger partial charge in [0.05, 0.1) is 26.8 Å². The number of aryl methyl sites for hydroxylation is 1. The number of ether oxygens (including phenoxy) is 1. The quantitative estimate of drug-likeness (QED) is 0.321. The molecule has 0 saturated carbocycles. The van der Waals surface area contributed by atoms with Gasteiger partial charge in [0.25, 0.3) is 11.6 Å². The monoisotopic (exact) mass is 477 g/mol. The zero-order valence-electron chi connectivity index (χ0n) is 18.0. The largest absolute Gasteiger partial charge is 0.452 e. The van der Waals surface area contributed by atoms with Gasteiger partial charge < -0.3 is 10.1 Å². The molecule has 0 aliphatic carbocycles. The van der Waals surface area contributed by atoms with Gasteiger partial charge in [-0.25, -0.2) is 4.79 Å². The molecule has 3 aromatic carbocycles. The number of amides is 2. The summed E-state index contributed by atoms with van der Waals surface area (Å²) in [5.41, 5.74) is 1.75. The van der Waals surface area contributed by atoms with Crippen LogP contribution in [0.2, 0.25) is 0 Å². The first-order valence-electron chi connectivity index (χ1n) is 10.2. The van der Waals surface area contributed by atoms with Crippen LogP contribution in [0.3, 0.4) is 0 Å². The molecule has 1 heterocycles. The molecule has 4 rings (SSSR count). The molecule has 0 fully saturated rings. The Labute approximate surface area is 198 Å². The van der Waals surface area contributed by atoms with Gasteiger partial charge in [0.2, 0.25) is 5.91 Å². The summed E-state index contributed by atoms with van der Waals surface area (Å²) in [7, 11) is 0. The lowest BCUT2D eigenvalue weighted by atomic mass is 10.2. The first kappa shape index (κ1) is 23.0. The van der Waals surface area contributed by atoms with Crippen molar-refractivity contribution in [2.45, 2.75) is 16.7 Å². The topological polar surface area (TPSA) is 119 Å². The van der Waals surface area contributed by atoms with E-state index in [-0.39, 0.29) is 23.7 Å². The Hall–Kier alpha value is -4.18. The number of rotatable bonds is 6. The van der Waals surface area contributed by atoms with Crippen molar-refractivity contribution in [1.29, 1.82) is 0 Å². The fourth-order valence-corrected chi connectivity index (χ4v) is 4.25. The van der Waals surface area contributed by atoms with E-state index in [1.54, 1.807) is 24.3 Å². The highest BCUT2D eigenvalue weighted by Crippen LogP contribution is 2.35. The summed E-state index contributed by atoms with van der Waals surface area (Å²) >= 11 is 1.21. The van der Waals surface area contributed by atoms with Crippen LogP contribution in [0.25, 0.3) is 0 Å². The van der Waals surface area contributed by atoms with E-state index in [4.69, 9.17) is 4.74 Å². The molecule has 34 heavy (non-hydrogen) atoms. The first-order valence-corrected chi connectivity index (χ1v) is 11.0. The molecular weight excluding hydrogens is 458 g/mol. The molecule has 10 heteroatoms. The van der Waals surface area contributed by atoms with Crippen molar-refractivity contribution < 1.29 is 24.0 Å². The zero-order valence-corrected chi connectivity index (χ0v) is 18.8. The van der Waals surface area contributed by atoms with Gasteiger partial charge in [-0.3, -0.25) is 24.6 Å². The van der Waals surface area contributed by atoms with Crippen LogP contribution in [0, 0.1) is 17.0 Å². The van der Waals surface area contributed by atoms with Gasteiger partial charge in [-0.15, -0.1) is 0 Å². The number of nitrogens with zero attached hydrogens (tertiary/aromatic N) is 2. The van der Waals surface area contributed by atoms with Crippen molar-refractivity contribution in [2.24, 2.45) is 0 Å². The van der Waals surface area contributed by atoms with E-state index in [1.165, 1.54) is 28.8 Å². The maximum atomic E-state index is 12.7. The van der Waals surface area contributed by atoms with E-state index in [1.807, 2.05) is 31.2 Å². The Morgan fingerprint density at radius 2 is 1.85 bits per heavy atom. The first-order chi connectivity index (χ1) is 16.3. The van der Waals surface area contributed by atoms with E-state index in [2.05, 4.69) is 5.32 Å². The molecule has 0 radical (unpaired) electrons. The molecule has 1 aliphatic heterocycles. The molecule has 0 unspecified atom stereocenters. The molecule has 0 spiro atoms. The number of hydrogen-bond acceptors (Lipinski definition) is 7. The van der Waals surface area contributed by atoms with Gasteiger partial charge >= 0.3 is 5.97 Å². The van der Waals surface area contributed by atoms with Gasteiger partial charge in [-0.2, -0.15) is 0 Å². The maximum absolute atomic E-state index is 12.7. The Kier molecular flexibility index (Phi) is 6.60. The number of carbonyl (C=O) groups is 3. The minimum atomic E-state index is -0.877. The zero-order chi connectivity index (χ0) is 24.2. The normalized spacial score (nSPS) is 12.5. The molecule has 0 atom stereocenters. The average molecular weight is 477 g/mol. The lowest BCUT2D eigenvalue weighted by molar-refractivity contribution is -0.387. The van der Waals surface area contributed by atoms with Gasteiger partial charge in [-0.05, 0) is 43.3 Å². The second-order valence-corrected chi connectivity index (χ2v) is 8.59. The third-order valence-corrected chi connectivity index (χ3v) is 6.11. The number of hydrogen-bond donors (Lipinski definition) is 1. The molecule has 3 aromatic rings. The fraction of sp³-hybridized carbons (Fsp3) is 0.125. The van der Waals surface area contributed by atoms with Crippen LogP contribution >= 0.6 is 11.8 Å². The Morgan fingerprint density at radius 3 is 2.59 bits per heavy atom. The van der Waals surface area contributed by atoms with Crippen molar-refractivity contribution in [3.63, 3.8) is 0 Å². The van der Waals surface area contributed by atoms with Crippen molar-refractivity contribution in [3.8, 4) is 0 Å². The van der Waals surface area contributed by atoms with Crippen molar-refractivity contribution in [3.05, 3.63) is 88.0 Å². The van der Waals surface area contributed by atoms with Crippen LogP contribution in [0.15, 0.2) is 76.5 Å². The third kappa shape index (κ3) is 5.07. The average Bonchev–Trinajstić information content (AvgIpc) is 2.83. The summed E-state index contributed by atoms with van der Waals surface area (Å²) in [5, 5.41) is 14.3. The summed E-state index contributed by atoms with van der Waals surface area (Å²) in [4.78, 5) is 50.5. The molecule has 0 bridgehead atoms. The molecular formula is C24H19N3O6S. The predicted molar refractivity (Wildman–Crippen MR) is 126 cm³/mol. The summed E-state index contributed by atoms with van der Waals surface area (Å²) < 4.78 is 5.11. The predicted octanol–water partition coefficient (Wildman–Crippen LogP) is 4.20. The molecule has 0 saturated heterocycles. The van der Waals surface area contributed by atoms with Crippen molar-refractivity contribution >= 4 is 46.6 Å². The van der Waals surface area contributed by atoms with Crippen LogP contribution in [0.5, 0.6) is 0 Å². The Bertz CT molecular complexity index is 1290. The minimum absolute atomic E-state index is 0.0513. The highest BCUT2D eigenvalue weighted by molar-refractivity contribution is 7.99. The number of benzene rings is 3. The van der Waals surface area contributed by atoms with Gasteiger partial charge in [-0.1, -0.05) is 41.6 Å². The second-order valence-electron chi connectivity index (χ2n) is 7.48. The van der Waals surface area contributed by atoms with E-state index < -0.39 is 23.4 Å². The molecule has 1 N–H and O–H groups in total. The minimum Gasteiger partial charge on any atom is -0.452 e. The molecule has 9 nitrogen and oxygen atoms in total. The number of anilines is 2. The third-order valence-electron chi connectivity index (χ3n) is 5.04. The lowest BCUT2D eigenvalue weighted by Crippen LogP contribution is -2.44. The molecule has 2 amide bonds. The van der Waals surface area contributed by atoms with Crippen LogP contribution in [0.1, 0.15) is 15.9 Å². The fourth-order valence-electron chi connectivity index (χ4n) is 3.35. The number of fused-ring (bicyclic) bond motifs is 1. The van der Waals surface area contributed by atoms with E-state index in [9.17, 15) is 24.5 Å². The SMILES string of the molecule is Cc1ccc(Sc2ccc(C(=O)OCC(=O)N3CC(=O)Nc4ccccc43)cc2[N+](=O)[O-])cc1. The summed E-state index contributed by atoms with van der Waals surface area (Å²) in [6.07, 6.45) is 0. The van der Waals surface area contributed by atoms with Gasteiger partial charge in [0, 0.05) is 11.0 Å². The number of esters is 1. The molecule has 0 aromatic heterocycles. The van der Waals surface area contributed by atoms with Gasteiger partial charge in [0.15, 0.2) is 6.61 Å². The van der Waals surface area contributed by atoms with E-state index in [0.29, 0.717) is 16.3 Å².